The monoisotopic (exact) mass is 291 g/mol. The SMILES string of the molecule is CN(C)C=Nc1nccn1CCCC1CCN(C=O)CC1. The summed E-state index contributed by atoms with van der Waals surface area (Å²) in [7, 11) is 3.89. The number of carbonyl (C=O) groups is 1. The first-order valence-corrected chi connectivity index (χ1v) is 7.60. The second kappa shape index (κ2) is 7.81. The minimum Gasteiger partial charge on any atom is -0.369 e. The van der Waals surface area contributed by atoms with Crippen LogP contribution in [-0.4, -0.2) is 59.3 Å². The van der Waals surface area contributed by atoms with Gasteiger partial charge in [0.05, 0.1) is 6.34 Å². The van der Waals surface area contributed by atoms with Crippen LogP contribution < -0.4 is 0 Å². The van der Waals surface area contributed by atoms with Gasteiger partial charge in [0.1, 0.15) is 0 Å². The molecule has 21 heavy (non-hydrogen) atoms. The summed E-state index contributed by atoms with van der Waals surface area (Å²) in [6.45, 7) is 2.78. The number of likely N-dealkylation sites (tertiary alicyclic amines) is 1. The Labute approximate surface area is 126 Å². The number of aromatic nitrogens is 2. The second-order valence-electron chi connectivity index (χ2n) is 5.86. The minimum atomic E-state index is 0.749. The fourth-order valence-corrected chi connectivity index (χ4v) is 2.67. The van der Waals surface area contributed by atoms with Crippen molar-refractivity contribution >= 4 is 18.7 Å². The molecule has 1 fully saturated rings. The van der Waals surface area contributed by atoms with Gasteiger partial charge in [0, 0.05) is 46.1 Å². The Kier molecular flexibility index (Phi) is 5.78. The van der Waals surface area contributed by atoms with Gasteiger partial charge < -0.3 is 14.4 Å². The molecule has 0 unspecified atom stereocenters. The van der Waals surface area contributed by atoms with Crippen LogP contribution in [0, 0.1) is 5.92 Å². The van der Waals surface area contributed by atoms with Crippen molar-refractivity contribution in [3.05, 3.63) is 12.4 Å². The number of hydrogen-bond acceptors (Lipinski definition) is 3. The zero-order chi connectivity index (χ0) is 15.1. The molecule has 116 valence electrons. The molecule has 6 nitrogen and oxygen atoms in total. The maximum Gasteiger partial charge on any atom is 0.230 e. The lowest BCUT2D eigenvalue weighted by Crippen LogP contribution is -2.32. The van der Waals surface area contributed by atoms with Gasteiger partial charge in [0.25, 0.3) is 0 Å². The largest absolute Gasteiger partial charge is 0.369 e. The number of aliphatic imine (C=N–C) groups is 1. The average molecular weight is 291 g/mol. The van der Waals surface area contributed by atoms with Crippen LogP contribution in [0.4, 0.5) is 5.95 Å². The van der Waals surface area contributed by atoms with E-state index in [0.29, 0.717) is 0 Å². The summed E-state index contributed by atoms with van der Waals surface area (Å²) in [4.78, 5) is 23.1. The van der Waals surface area contributed by atoms with Crippen molar-refractivity contribution in [2.75, 3.05) is 27.2 Å². The molecule has 0 spiro atoms. The molecule has 6 heteroatoms. The van der Waals surface area contributed by atoms with Crippen LogP contribution in [0.25, 0.3) is 0 Å². The second-order valence-corrected chi connectivity index (χ2v) is 5.86. The van der Waals surface area contributed by atoms with E-state index in [4.69, 9.17) is 0 Å². The normalized spacial score (nSPS) is 16.6. The van der Waals surface area contributed by atoms with E-state index in [1.165, 1.54) is 6.42 Å². The van der Waals surface area contributed by atoms with E-state index < -0.39 is 0 Å². The zero-order valence-corrected chi connectivity index (χ0v) is 13.0. The molecule has 0 aliphatic carbocycles. The minimum absolute atomic E-state index is 0.749. The van der Waals surface area contributed by atoms with E-state index in [2.05, 4.69) is 14.5 Å². The Hall–Kier alpha value is -1.85. The third-order valence-corrected chi connectivity index (χ3v) is 3.91. The molecule has 0 aromatic carbocycles. The fourth-order valence-electron chi connectivity index (χ4n) is 2.67. The van der Waals surface area contributed by atoms with Gasteiger partial charge in [0.15, 0.2) is 0 Å². The summed E-state index contributed by atoms with van der Waals surface area (Å²) in [6, 6.07) is 0. The lowest BCUT2D eigenvalue weighted by Gasteiger charge is -2.29. The first-order valence-electron chi connectivity index (χ1n) is 7.60. The van der Waals surface area contributed by atoms with Crippen LogP contribution >= 0.6 is 0 Å². The molecule has 2 heterocycles. The summed E-state index contributed by atoms with van der Waals surface area (Å²) in [6.07, 6.45) is 11.1. The number of imidazole rings is 1. The fraction of sp³-hybridized carbons (Fsp3) is 0.667. The van der Waals surface area contributed by atoms with Gasteiger partial charge in [-0.2, -0.15) is 0 Å². The zero-order valence-electron chi connectivity index (χ0n) is 13.0. The topological polar surface area (TPSA) is 53.7 Å². The Morgan fingerprint density at radius 3 is 2.86 bits per heavy atom. The maximum atomic E-state index is 10.7. The molecule has 1 aromatic heterocycles. The van der Waals surface area contributed by atoms with Crippen molar-refractivity contribution in [2.24, 2.45) is 10.9 Å². The van der Waals surface area contributed by atoms with Gasteiger partial charge in [-0.1, -0.05) is 0 Å². The van der Waals surface area contributed by atoms with E-state index in [9.17, 15) is 4.79 Å². The molecular weight excluding hydrogens is 266 g/mol. The van der Waals surface area contributed by atoms with Gasteiger partial charge in [-0.05, 0) is 31.6 Å². The number of rotatable bonds is 7. The van der Waals surface area contributed by atoms with Crippen molar-refractivity contribution in [3.63, 3.8) is 0 Å². The Morgan fingerprint density at radius 2 is 2.19 bits per heavy atom. The van der Waals surface area contributed by atoms with E-state index in [1.807, 2.05) is 30.1 Å². The summed E-state index contributed by atoms with van der Waals surface area (Å²) < 4.78 is 2.10. The lowest BCUT2D eigenvalue weighted by atomic mass is 9.92. The summed E-state index contributed by atoms with van der Waals surface area (Å²) in [5, 5.41) is 0. The highest BCUT2D eigenvalue weighted by molar-refractivity contribution is 5.57. The first kappa shape index (κ1) is 15.5. The number of aryl methyl sites for hydroxylation is 1. The van der Waals surface area contributed by atoms with Gasteiger partial charge in [-0.25, -0.2) is 9.98 Å². The maximum absolute atomic E-state index is 10.7. The molecule has 1 amide bonds. The van der Waals surface area contributed by atoms with Gasteiger partial charge in [-0.15, -0.1) is 0 Å². The number of hydrogen-bond donors (Lipinski definition) is 0. The van der Waals surface area contributed by atoms with Crippen molar-refractivity contribution in [1.82, 2.24) is 19.4 Å². The van der Waals surface area contributed by atoms with Gasteiger partial charge in [-0.3, -0.25) is 4.79 Å². The van der Waals surface area contributed by atoms with Gasteiger partial charge in [0.2, 0.25) is 12.4 Å². The van der Waals surface area contributed by atoms with Crippen LogP contribution in [0.1, 0.15) is 25.7 Å². The molecule has 1 saturated heterocycles. The Bertz CT molecular complexity index is 460. The molecule has 0 radical (unpaired) electrons. The van der Waals surface area contributed by atoms with Crippen LogP contribution in [-0.2, 0) is 11.3 Å². The third kappa shape index (κ3) is 4.88. The van der Waals surface area contributed by atoms with Gasteiger partial charge >= 0.3 is 0 Å². The quantitative estimate of drug-likeness (QED) is 0.437. The molecule has 0 bridgehead atoms. The van der Waals surface area contributed by atoms with E-state index in [1.54, 1.807) is 12.5 Å². The van der Waals surface area contributed by atoms with E-state index >= 15 is 0 Å². The standard InChI is InChI=1S/C15H25N5O/c1-18(2)12-17-15-16-7-11-20(15)8-3-4-14-5-9-19(13-21)10-6-14/h7,11-14H,3-6,8-10H2,1-2H3. The van der Waals surface area contributed by atoms with E-state index in [0.717, 1.165) is 57.2 Å². The van der Waals surface area contributed by atoms with Crippen LogP contribution in [0.3, 0.4) is 0 Å². The van der Waals surface area contributed by atoms with Crippen molar-refractivity contribution in [3.8, 4) is 0 Å². The molecular formula is C15H25N5O. The molecule has 0 atom stereocenters. The smallest absolute Gasteiger partial charge is 0.230 e. The summed E-state index contributed by atoms with van der Waals surface area (Å²) in [5.41, 5.74) is 0. The Morgan fingerprint density at radius 1 is 1.43 bits per heavy atom. The van der Waals surface area contributed by atoms with Crippen LogP contribution in [0.2, 0.25) is 0 Å². The number of amides is 1. The first-order chi connectivity index (χ1) is 10.2. The third-order valence-electron chi connectivity index (χ3n) is 3.91. The molecule has 1 aromatic rings. The predicted octanol–water partition coefficient (Wildman–Crippen LogP) is 1.75. The van der Waals surface area contributed by atoms with E-state index in [-0.39, 0.29) is 0 Å². The lowest BCUT2D eigenvalue weighted by molar-refractivity contribution is -0.119. The molecule has 1 aliphatic rings. The van der Waals surface area contributed by atoms with Crippen molar-refractivity contribution < 1.29 is 4.79 Å². The summed E-state index contributed by atoms with van der Waals surface area (Å²) in [5.74, 6) is 1.51. The predicted molar refractivity (Wildman–Crippen MR) is 83.7 cm³/mol. The molecule has 2 rings (SSSR count). The highest BCUT2D eigenvalue weighted by Crippen LogP contribution is 2.22. The van der Waals surface area contributed by atoms with Crippen LogP contribution in [0.5, 0.6) is 0 Å². The number of nitrogens with zero attached hydrogens (tertiary/aromatic N) is 5. The Balaban J connectivity index is 1.74. The molecule has 0 saturated carbocycles. The highest BCUT2D eigenvalue weighted by Gasteiger charge is 2.17. The molecule has 1 aliphatic heterocycles. The average Bonchev–Trinajstić information content (AvgIpc) is 2.93. The van der Waals surface area contributed by atoms with Crippen molar-refractivity contribution in [1.29, 1.82) is 0 Å². The summed E-state index contributed by atoms with van der Waals surface area (Å²) >= 11 is 0. The van der Waals surface area contributed by atoms with Crippen LogP contribution in [0.15, 0.2) is 17.4 Å². The number of carbonyl (C=O) groups excluding carboxylic acids is 1. The molecule has 0 N–H and O–H groups in total. The highest BCUT2D eigenvalue weighted by atomic mass is 16.1. The van der Waals surface area contributed by atoms with Crippen molar-refractivity contribution in [2.45, 2.75) is 32.2 Å². The number of piperidine rings is 1.